The van der Waals surface area contributed by atoms with Crippen molar-refractivity contribution < 1.29 is 13.9 Å². The van der Waals surface area contributed by atoms with Gasteiger partial charge in [-0.2, -0.15) is 0 Å². The maximum atomic E-state index is 13.8. The molecule has 1 unspecified atom stereocenters. The van der Waals surface area contributed by atoms with Crippen LogP contribution in [0.2, 0.25) is 0 Å². The van der Waals surface area contributed by atoms with Gasteiger partial charge in [-0.05, 0) is 22.9 Å². The first-order valence-electron chi connectivity index (χ1n) is 4.64. The first-order valence-corrected chi connectivity index (χ1v) is 5.43. The number of hydrogen-bond acceptors (Lipinski definition) is 3. The molecule has 2 N–H and O–H groups in total. The van der Waals surface area contributed by atoms with Crippen LogP contribution in [0.25, 0.3) is 0 Å². The molecule has 2 rings (SSSR count). The molecular formula is C10H11BrFNO2. The van der Waals surface area contributed by atoms with Crippen LogP contribution in [0.15, 0.2) is 10.5 Å². The van der Waals surface area contributed by atoms with Gasteiger partial charge in [0.2, 0.25) is 0 Å². The minimum Gasteiger partial charge on any atom is -0.486 e. The Balaban J connectivity index is 2.63. The van der Waals surface area contributed by atoms with Gasteiger partial charge in [-0.15, -0.1) is 0 Å². The second-order valence-electron chi connectivity index (χ2n) is 3.40. The molecule has 3 nitrogen and oxygen atoms in total. The molecule has 1 heterocycles. The molecule has 1 aliphatic heterocycles. The summed E-state index contributed by atoms with van der Waals surface area (Å²) in [5.74, 6) is 0.591. The number of benzene rings is 1. The van der Waals surface area contributed by atoms with E-state index in [1.54, 1.807) is 13.0 Å². The number of hydrogen-bond donors (Lipinski definition) is 1. The van der Waals surface area contributed by atoms with Crippen LogP contribution in [0.5, 0.6) is 11.5 Å². The Morgan fingerprint density at radius 1 is 1.47 bits per heavy atom. The van der Waals surface area contributed by atoms with E-state index in [9.17, 15) is 4.39 Å². The van der Waals surface area contributed by atoms with Gasteiger partial charge in [0, 0.05) is 12.1 Å². The Bertz CT molecular complexity index is 395. The second kappa shape index (κ2) is 3.98. The van der Waals surface area contributed by atoms with Gasteiger partial charge in [-0.3, -0.25) is 0 Å². The summed E-state index contributed by atoms with van der Waals surface area (Å²) in [6, 6.07) is 1.13. The van der Waals surface area contributed by atoms with Gasteiger partial charge in [0.1, 0.15) is 19.0 Å². The number of halogens is 2. The van der Waals surface area contributed by atoms with Gasteiger partial charge in [0.15, 0.2) is 11.5 Å². The quantitative estimate of drug-likeness (QED) is 0.856. The monoisotopic (exact) mass is 275 g/mol. The summed E-state index contributed by atoms with van der Waals surface area (Å²) in [6.07, 6.45) is 0. The molecule has 1 aliphatic rings. The predicted molar refractivity (Wildman–Crippen MR) is 57.7 cm³/mol. The summed E-state index contributed by atoms with van der Waals surface area (Å²) in [5, 5.41) is 0. The lowest BCUT2D eigenvalue weighted by Gasteiger charge is -2.23. The SMILES string of the molecule is CC(N)c1c(F)c(Br)cc2c1OCCO2. The van der Waals surface area contributed by atoms with Crippen LogP contribution in [0, 0.1) is 5.82 Å². The molecule has 15 heavy (non-hydrogen) atoms. The highest BCUT2D eigenvalue weighted by atomic mass is 79.9. The van der Waals surface area contributed by atoms with E-state index < -0.39 is 6.04 Å². The first-order chi connectivity index (χ1) is 7.11. The highest BCUT2D eigenvalue weighted by molar-refractivity contribution is 9.10. The molecule has 82 valence electrons. The second-order valence-corrected chi connectivity index (χ2v) is 4.25. The van der Waals surface area contributed by atoms with E-state index in [0.29, 0.717) is 34.7 Å². The molecule has 0 saturated heterocycles. The number of fused-ring (bicyclic) bond motifs is 1. The molecule has 0 amide bonds. The van der Waals surface area contributed by atoms with Crippen molar-refractivity contribution in [3.63, 3.8) is 0 Å². The zero-order valence-electron chi connectivity index (χ0n) is 8.22. The normalized spacial score (nSPS) is 16.3. The van der Waals surface area contributed by atoms with E-state index in [0.717, 1.165) is 0 Å². The van der Waals surface area contributed by atoms with Crippen LogP contribution < -0.4 is 15.2 Å². The van der Waals surface area contributed by atoms with Gasteiger partial charge in [0.25, 0.3) is 0 Å². The fourth-order valence-corrected chi connectivity index (χ4v) is 1.98. The number of rotatable bonds is 1. The molecule has 0 spiro atoms. The summed E-state index contributed by atoms with van der Waals surface area (Å²) in [7, 11) is 0. The molecule has 0 aliphatic carbocycles. The Morgan fingerprint density at radius 2 is 2.13 bits per heavy atom. The molecule has 5 heteroatoms. The largest absolute Gasteiger partial charge is 0.486 e. The third-order valence-corrected chi connectivity index (χ3v) is 2.79. The van der Waals surface area contributed by atoms with Crippen molar-refractivity contribution in [3.05, 3.63) is 21.9 Å². The Morgan fingerprint density at radius 3 is 2.80 bits per heavy atom. The molecule has 0 aromatic heterocycles. The molecule has 0 fully saturated rings. The smallest absolute Gasteiger partial charge is 0.169 e. The molecule has 1 aromatic rings. The zero-order chi connectivity index (χ0) is 11.0. The van der Waals surface area contributed by atoms with Crippen molar-refractivity contribution in [1.82, 2.24) is 0 Å². The van der Waals surface area contributed by atoms with E-state index >= 15 is 0 Å². The maximum absolute atomic E-state index is 13.8. The van der Waals surface area contributed by atoms with Crippen LogP contribution >= 0.6 is 15.9 Å². The Labute approximate surface area is 95.5 Å². The van der Waals surface area contributed by atoms with Crippen LogP contribution in [0.3, 0.4) is 0 Å². The van der Waals surface area contributed by atoms with Crippen LogP contribution in [0.1, 0.15) is 18.5 Å². The van der Waals surface area contributed by atoms with E-state index in [1.165, 1.54) is 0 Å². The zero-order valence-corrected chi connectivity index (χ0v) is 9.80. The van der Waals surface area contributed by atoms with Crippen molar-refractivity contribution in [2.45, 2.75) is 13.0 Å². The topological polar surface area (TPSA) is 44.5 Å². The summed E-state index contributed by atoms with van der Waals surface area (Å²) < 4.78 is 24.9. The van der Waals surface area contributed by atoms with Crippen molar-refractivity contribution in [3.8, 4) is 11.5 Å². The highest BCUT2D eigenvalue weighted by Gasteiger charge is 2.24. The summed E-state index contributed by atoms with van der Waals surface area (Å²) in [4.78, 5) is 0. The van der Waals surface area contributed by atoms with Gasteiger partial charge in [0.05, 0.1) is 10.0 Å². The fourth-order valence-electron chi connectivity index (χ4n) is 1.56. The van der Waals surface area contributed by atoms with E-state index in [4.69, 9.17) is 15.2 Å². The summed E-state index contributed by atoms with van der Waals surface area (Å²) in [6.45, 7) is 2.61. The Kier molecular flexibility index (Phi) is 2.84. The van der Waals surface area contributed by atoms with Crippen molar-refractivity contribution in [2.24, 2.45) is 5.73 Å². The maximum Gasteiger partial charge on any atom is 0.169 e. The molecular weight excluding hydrogens is 265 g/mol. The molecule has 0 radical (unpaired) electrons. The third-order valence-electron chi connectivity index (χ3n) is 2.22. The minimum absolute atomic E-state index is 0.346. The summed E-state index contributed by atoms with van der Waals surface area (Å²) in [5.41, 5.74) is 6.07. The lowest BCUT2D eigenvalue weighted by Crippen LogP contribution is -2.19. The summed E-state index contributed by atoms with van der Waals surface area (Å²) >= 11 is 3.13. The highest BCUT2D eigenvalue weighted by Crippen LogP contribution is 2.41. The lowest BCUT2D eigenvalue weighted by molar-refractivity contribution is 0.168. The van der Waals surface area contributed by atoms with Crippen molar-refractivity contribution in [1.29, 1.82) is 0 Å². The van der Waals surface area contributed by atoms with E-state index in [2.05, 4.69) is 15.9 Å². The Hall–Kier alpha value is -0.810. The van der Waals surface area contributed by atoms with Gasteiger partial charge >= 0.3 is 0 Å². The molecule has 0 bridgehead atoms. The van der Waals surface area contributed by atoms with Gasteiger partial charge < -0.3 is 15.2 Å². The molecule has 1 aromatic carbocycles. The van der Waals surface area contributed by atoms with Crippen molar-refractivity contribution in [2.75, 3.05) is 13.2 Å². The molecule has 1 atom stereocenters. The number of ether oxygens (including phenoxy) is 2. The van der Waals surface area contributed by atoms with Crippen LogP contribution in [-0.4, -0.2) is 13.2 Å². The van der Waals surface area contributed by atoms with Crippen molar-refractivity contribution >= 4 is 15.9 Å². The fraction of sp³-hybridized carbons (Fsp3) is 0.400. The predicted octanol–water partition coefficient (Wildman–Crippen LogP) is 2.38. The number of nitrogens with two attached hydrogens (primary N) is 1. The van der Waals surface area contributed by atoms with Crippen LogP contribution in [-0.2, 0) is 0 Å². The van der Waals surface area contributed by atoms with Gasteiger partial charge in [-0.1, -0.05) is 0 Å². The van der Waals surface area contributed by atoms with E-state index in [1.807, 2.05) is 0 Å². The van der Waals surface area contributed by atoms with Gasteiger partial charge in [-0.25, -0.2) is 4.39 Å². The third kappa shape index (κ3) is 1.81. The average Bonchev–Trinajstić information content (AvgIpc) is 2.19. The van der Waals surface area contributed by atoms with E-state index in [-0.39, 0.29) is 5.82 Å². The first kappa shape index (κ1) is 10.7. The average molecular weight is 276 g/mol. The van der Waals surface area contributed by atoms with Crippen LogP contribution in [0.4, 0.5) is 4.39 Å². The minimum atomic E-state index is -0.432. The molecule has 0 saturated carbocycles. The lowest BCUT2D eigenvalue weighted by atomic mass is 10.1. The standard InChI is InChI=1S/C10H11BrFNO2/c1-5(13)8-9(12)6(11)4-7-10(8)15-3-2-14-7/h4-5H,2-3,13H2,1H3.